The molecule has 0 aromatic carbocycles. The van der Waals surface area contributed by atoms with E-state index in [-0.39, 0.29) is 5.56 Å². The number of halogens is 4. The van der Waals surface area contributed by atoms with Gasteiger partial charge in [0.2, 0.25) is 5.95 Å². The minimum atomic E-state index is -4.35. The normalized spacial score (nSPS) is 14.1. The first kappa shape index (κ1) is 10.9. The van der Waals surface area contributed by atoms with E-state index < -0.39 is 24.6 Å². The van der Waals surface area contributed by atoms with Crippen LogP contribution >= 0.6 is 0 Å². The molecule has 1 rings (SSSR count). The highest BCUT2D eigenvalue weighted by molar-refractivity contribution is 5.15. The molecule has 14 heavy (non-hydrogen) atoms. The van der Waals surface area contributed by atoms with Crippen molar-refractivity contribution in [3.63, 3.8) is 0 Å². The predicted molar refractivity (Wildman–Crippen MR) is 41.8 cm³/mol. The van der Waals surface area contributed by atoms with E-state index in [0.29, 0.717) is 0 Å². The summed E-state index contributed by atoms with van der Waals surface area (Å²) in [7, 11) is 0. The van der Waals surface area contributed by atoms with Gasteiger partial charge in [0, 0.05) is 12.2 Å². The Kier molecular flexibility index (Phi) is 3.05. The summed E-state index contributed by atoms with van der Waals surface area (Å²) in [5, 5.41) is 0. The first-order valence-electron chi connectivity index (χ1n) is 3.82. The third-order valence-electron chi connectivity index (χ3n) is 1.63. The molecule has 0 aliphatic heterocycles. The molecule has 1 atom stereocenters. The van der Waals surface area contributed by atoms with Gasteiger partial charge in [-0.3, -0.25) is 0 Å². The molecule has 0 aliphatic rings. The number of nitrogens with zero attached hydrogens (tertiary/aromatic N) is 1. The number of rotatable bonds is 2. The Morgan fingerprint density at radius 1 is 1.43 bits per heavy atom. The summed E-state index contributed by atoms with van der Waals surface area (Å²) >= 11 is 0. The number of hydrogen-bond donors (Lipinski definition) is 1. The van der Waals surface area contributed by atoms with Crippen molar-refractivity contribution in [1.29, 1.82) is 0 Å². The highest BCUT2D eigenvalue weighted by Gasteiger charge is 2.30. The predicted octanol–water partition coefficient (Wildman–Crippen LogP) is 2.17. The van der Waals surface area contributed by atoms with Crippen LogP contribution in [-0.4, -0.2) is 11.2 Å². The molecule has 1 aromatic heterocycles. The number of alkyl halides is 3. The molecule has 78 valence electrons. The molecule has 0 spiro atoms. The topological polar surface area (TPSA) is 38.9 Å². The first-order valence-corrected chi connectivity index (χ1v) is 3.82. The fraction of sp³-hybridized carbons (Fsp3) is 0.375. The SMILES string of the molecule is N[C@@H](CC(F)(F)F)c1ccnc(F)c1. The monoisotopic (exact) mass is 208 g/mol. The van der Waals surface area contributed by atoms with Gasteiger partial charge in [0.05, 0.1) is 6.42 Å². The highest BCUT2D eigenvalue weighted by Crippen LogP contribution is 2.27. The van der Waals surface area contributed by atoms with Crippen molar-refractivity contribution in [2.24, 2.45) is 5.73 Å². The maximum absolute atomic E-state index is 12.5. The molecule has 0 bridgehead atoms. The Bertz CT molecular complexity index is 310. The van der Waals surface area contributed by atoms with Crippen molar-refractivity contribution in [2.45, 2.75) is 18.6 Å². The van der Waals surface area contributed by atoms with E-state index in [1.165, 1.54) is 6.07 Å². The lowest BCUT2D eigenvalue weighted by molar-refractivity contribution is -0.138. The van der Waals surface area contributed by atoms with E-state index in [2.05, 4.69) is 4.98 Å². The Morgan fingerprint density at radius 3 is 2.57 bits per heavy atom. The zero-order valence-electron chi connectivity index (χ0n) is 7.05. The van der Waals surface area contributed by atoms with Crippen LogP contribution < -0.4 is 5.73 Å². The molecule has 0 aliphatic carbocycles. The Labute approximate surface area is 77.7 Å². The highest BCUT2D eigenvalue weighted by atomic mass is 19.4. The average molecular weight is 208 g/mol. The molecule has 0 unspecified atom stereocenters. The van der Waals surface area contributed by atoms with Gasteiger partial charge < -0.3 is 5.73 Å². The lowest BCUT2D eigenvalue weighted by atomic mass is 10.1. The molecule has 0 saturated heterocycles. The molecule has 1 heterocycles. The quantitative estimate of drug-likeness (QED) is 0.597. The van der Waals surface area contributed by atoms with Crippen molar-refractivity contribution >= 4 is 0 Å². The molecule has 1 aromatic rings. The van der Waals surface area contributed by atoms with Gasteiger partial charge in [-0.05, 0) is 17.7 Å². The van der Waals surface area contributed by atoms with Crippen molar-refractivity contribution in [3.05, 3.63) is 29.8 Å². The summed E-state index contributed by atoms with van der Waals surface area (Å²) < 4.78 is 48.2. The second-order valence-corrected chi connectivity index (χ2v) is 2.84. The number of pyridine rings is 1. The lowest BCUT2D eigenvalue weighted by Crippen LogP contribution is -2.20. The summed E-state index contributed by atoms with van der Waals surface area (Å²) in [5.74, 6) is -0.833. The molecule has 2 nitrogen and oxygen atoms in total. The Balaban J connectivity index is 2.74. The Hall–Kier alpha value is -1.17. The molecular weight excluding hydrogens is 200 g/mol. The summed E-state index contributed by atoms with van der Waals surface area (Å²) in [6.07, 6.45) is -4.43. The molecular formula is C8H8F4N2. The van der Waals surface area contributed by atoms with Gasteiger partial charge in [-0.25, -0.2) is 4.98 Å². The first-order chi connectivity index (χ1) is 6.38. The maximum atomic E-state index is 12.5. The van der Waals surface area contributed by atoms with Gasteiger partial charge in [-0.2, -0.15) is 17.6 Å². The lowest BCUT2D eigenvalue weighted by Gasteiger charge is -2.13. The zero-order valence-corrected chi connectivity index (χ0v) is 7.05. The minimum absolute atomic E-state index is 0.0924. The number of aromatic nitrogens is 1. The average Bonchev–Trinajstić information content (AvgIpc) is 2.01. The van der Waals surface area contributed by atoms with Crippen molar-refractivity contribution in [1.82, 2.24) is 4.98 Å². The number of hydrogen-bond acceptors (Lipinski definition) is 2. The zero-order chi connectivity index (χ0) is 10.8. The van der Waals surface area contributed by atoms with Gasteiger partial charge in [-0.1, -0.05) is 0 Å². The minimum Gasteiger partial charge on any atom is -0.324 e. The smallest absolute Gasteiger partial charge is 0.324 e. The van der Waals surface area contributed by atoms with E-state index in [1.54, 1.807) is 0 Å². The van der Waals surface area contributed by atoms with E-state index >= 15 is 0 Å². The standard InChI is InChI=1S/C8H8F4N2/c9-7-3-5(1-2-14-7)6(13)4-8(10,11)12/h1-3,6H,4,13H2/t6-/m0/s1. The van der Waals surface area contributed by atoms with Crippen molar-refractivity contribution in [2.75, 3.05) is 0 Å². The molecule has 2 N–H and O–H groups in total. The third kappa shape index (κ3) is 3.29. The van der Waals surface area contributed by atoms with Crippen LogP contribution in [0.3, 0.4) is 0 Å². The van der Waals surface area contributed by atoms with Crippen LogP contribution in [0.4, 0.5) is 17.6 Å². The third-order valence-corrected chi connectivity index (χ3v) is 1.63. The summed E-state index contributed by atoms with van der Waals surface area (Å²) in [6, 6.07) is 0.920. The largest absolute Gasteiger partial charge is 0.390 e. The van der Waals surface area contributed by atoms with Crippen LogP contribution in [0.2, 0.25) is 0 Å². The van der Waals surface area contributed by atoms with Gasteiger partial charge >= 0.3 is 6.18 Å². The Morgan fingerprint density at radius 2 is 2.07 bits per heavy atom. The van der Waals surface area contributed by atoms with Crippen molar-refractivity contribution < 1.29 is 17.6 Å². The summed E-state index contributed by atoms with van der Waals surface area (Å²) in [4.78, 5) is 3.22. The van der Waals surface area contributed by atoms with Crippen LogP contribution in [0.5, 0.6) is 0 Å². The van der Waals surface area contributed by atoms with Gasteiger partial charge in [-0.15, -0.1) is 0 Å². The second-order valence-electron chi connectivity index (χ2n) is 2.84. The van der Waals surface area contributed by atoms with Gasteiger partial charge in [0.1, 0.15) is 0 Å². The molecule has 0 fully saturated rings. The van der Waals surface area contributed by atoms with Crippen LogP contribution in [0.15, 0.2) is 18.3 Å². The van der Waals surface area contributed by atoms with E-state index in [1.807, 2.05) is 0 Å². The number of nitrogens with two attached hydrogens (primary N) is 1. The van der Waals surface area contributed by atoms with E-state index in [0.717, 1.165) is 12.3 Å². The van der Waals surface area contributed by atoms with Gasteiger partial charge in [0.15, 0.2) is 0 Å². The van der Waals surface area contributed by atoms with Crippen LogP contribution in [-0.2, 0) is 0 Å². The summed E-state index contributed by atoms with van der Waals surface area (Å²) in [6.45, 7) is 0. The molecule has 6 heteroatoms. The van der Waals surface area contributed by atoms with Crippen LogP contribution in [0, 0.1) is 5.95 Å². The summed E-state index contributed by atoms with van der Waals surface area (Å²) in [5.41, 5.74) is 5.33. The fourth-order valence-corrected chi connectivity index (χ4v) is 1.02. The van der Waals surface area contributed by atoms with Crippen LogP contribution in [0.1, 0.15) is 18.0 Å². The molecule has 0 amide bonds. The maximum Gasteiger partial charge on any atom is 0.390 e. The van der Waals surface area contributed by atoms with E-state index in [9.17, 15) is 17.6 Å². The second kappa shape index (κ2) is 3.91. The van der Waals surface area contributed by atoms with Crippen LogP contribution in [0.25, 0.3) is 0 Å². The fourth-order valence-electron chi connectivity index (χ4n) is 1.02. The molecule has 0 saturated carbocycles. The van der Waals surface area contributed by atoms with Gasteiger partial charge in [0.25, 0.3) is 0 Å². The van der Waals surface area contributed by atoms with E-state index in [4.69, 9.17) is 5.73 Å². The van der Waals surface area contributed by atoms with Crippen molar-refractivity contribution in [3.8, 4) is 0 Å². The molecule has 0 radical (unpaired) electrons.